The fourth-order valence-electron chi connectivity index (χ4n) is 3.21. The predicted molar refractivity (Wildman–Crippen MR) is 130 cm³/mol. The van der Waals surface area contributed by atoms with E-state index < -0.39 is 5.97 Å². The van der Waals surface area contributed by atoms with Crippen LogP contribution in [0.1, 0.15) is 20.3 Å². The van der Waals surface area contributed by atoms with E-state index in [-0.39, 0.29) is 29.7 Å². The highest BCUT2D eigenvalue weighted by Crippen LogP contribution is 2.32. The van der Waals surface area contributed by atoms with E-state index in [9.17, 15) is 9.59 Å². The van der Waals surface area contributed by atoms with Gasteiger partial charge in [0.2, 0.25) is 5.91 Å². The average molecular weight is 467 g/mol. The third-order valence-corrected chi connectivity index (χ3v) is 6.83. The summed E-state index contributed by atoms with van der Waals surface area (Å²) in [5.74, 6) is -0.467. The van der Waals surface area contributed by atoms with Gasteiger partial charge in [0.15, 0.2) is 4.34 Å². The Hall–Kier alpha value is -3.17. The minimum atomic E-state index is -0.525. The van der Waals surface area contributed by atoms with Crippen LogP contribution in [0.15, 0.2) is 69.1 Å². The van der Waals surface area contributed by atoms with E-state index in [1.165, 1.54) is 11.8 Å². The highest BCUT2D eigenvalue weighted by molar-refractivity contribution is 8.01. The van der Waals surface area contributed by atoms with Gasteiger partial charge in [0.25, 0.3) is 0 Å². The first-order valence-electron chi connectivity index (χ1n) is 10.2. The number of thiazole rings is 1. The minimum Gasteiger partial charge on any atom is -0.462 e. The van der Waals surface area contributed by atoms with Gasteiger partial charge in [-0.15, -0.1) is 11.3 Å². The number of fused-ring (bicyclic) bond motifs is 2. The Morgan fingerprint density at radius 1 is 1.12 bits per heavy atom. The molecule has 164 valence electrons. The summed E-state index contributed by atoms with van der Waals surface area (Å²) in [4.78, 5) is 34.7. The summed E-state index contributed by atoms with van der Waals surface area (Å²) >= 11 is 2.90. The van der Waals surface area contributed by atoms with Crippen LogP contribution in [0.2, 0.25) is 0 Å². The van der Waals surface area contributed by atoms with Crippen LogP contribution in [0.3, 0.4) is 0 Å². The fraction of sp³-hybridized carbons (Fsp3) is 0.217. The van der Waals surface area contributed by atoms with E-state index in [0.29, 0.717) is 17.8 Å². The maximum Gasteiger partial charge on any atom is 0.343 e. The molecule has 0 spiro atoms. The van der Waals surface area contributed by atoms with Crippen LogP contribution in [-0.4, -0.2) is 35.1 Å². The molecule has 2 aromatic carbocycles. The molecule has 32 heavy (non-hydrogen) atoms. The Balaban J connectivity index is 1.58. The topological polar surface area (TPSA) is 92.7 Å². The standard InChI is InChI=1S/C23H22N4O3S2/c1-3-14-20(22(29)30-4-2)21(25-16-10-6-5-9-15(16)24-14)27-19(28)13-31-23-26-17-11-7-8-12-18(17)32-23/h5-12,24H,3-4,13H2,1-2H3,(H,25,27,28). The number of amides is 1. The smallest absolute Gasteiger partial charge is 0.343 e. The summed E-state index contributed by atoms with van der Waals surface area (Å²) in [7, 11) is 0. The third-order valence-electron chi connectivity index (χ3n) is 4.65. The monoisotopic (exact) mass is 466 g/mol. The number of nitrogens with one attached hydrogen (secondary N) is 2. The summed E-state index contributed by atoms with van der Waals surface area (Å²) < 4.78 is 7.15. The molecular formula is C23H22N4O3S2. The van der Waals surface area contributed by atoms with Gasteiger partial charge in [-0.05, 0) is 37.6 Å². The van der Waals surface area contributed by atoms with Crippen molar-refractivity contribution < 1.29 is 14.3 Å². The van der Waals surface area contributed by atoms with Crippen molar-refractivity contribution in [2.24, 2.45) is 4.99 Å². The molecule has 3 aromatic rings. The molecule has 1 amide bonds. The van der Waals surface area contributed by atoms with Crippen LogP contribution in [0.25, 0.3) is 10.2 Å². The normalized spacial score (nSPS) is 13.1. The van der Waals surface area contributed by atoms with Gasteiger partial charge in [-0.3, -0.25) is 4.79 Å². The number of carbonyl (C=O) groups excluding carboxylic acids is 2. The SMILES string of the molecule is CCOC(=O)C1=C(CC)Nc2ccccc2N=C1NC(=O)CSc1nc2ccccc2s1. The average Bonchev–Trinajstić information content (AvgIpc) is 3.14. The van der Waals surface area contributed by atoms with Crippen molar-refractivity contribution in [2.75, 3.05) is 17.7 Å². The zero-order valence-electron chi connectivity index (χ0n) is 17.7. The minimum absolute atomic E-state index is 0.144. The van der Waals surface area contributed by atoms with Gasteiger partial charge >= 0.3 is 5.97 Å². The van der Waals surface area contributed by atoms with E-state index in [4.69, 9.17) is 4.74 Å². The van der Waals surface area contributed by atoms with Crippen molar-refractivity contribution in [1.29, 1.82) is 0 Å². The second-order valence-corrected chi connectivity index (χ2v) is 9.07. The summed E-state index contributed by atoms with van der Waals surface area (Å²) in [6, 6.07) is 15.3. The lowest BCUT2D eigenvalue weighted by atomic mass is 10.1. The number of hydrogen-bond donors (Lipinski definition) is 2. The largest absolute Gasteiger partial charge is 0.462 e. The van der Waals surface area contributed by atoms with E-state index in [1.807, 2.05) is 55.5 Å². The fourth-order valence-corrected chi connectivity index (χ4v) is 5.08. The van der Waals surface area contributed by atoms with Crippen molar-refractivity contribution in [1.82, 2.24) is 10.3 Å². The number of amidine groups is 1. The summed E-state index contributed by atoms with van der Waals surface area (Å²) in [6.45, 7) is 3.89. The number of allylic oxidation sites excluding steroid dienone is 1. The molecule has 1 aliphatic rings. The summed E-state index contributed by atoms with van der Waals surface area (Å²) in [5.41, 5.74) is 3.19. The number of nitrogens with zero attached hydrogens (tertiary/aromatic N) is 2. The van der Waals surface area contributed by atoms with Crippen molar-refractivity contribution >= 4 is 62.4 Å². The molecule has 0 fully saturated rings. The van der Waals surface area contributed by atoms with Gasteiger partial charge in [-0.1, -0.05) is 43.0 Å². The Morgan fingerprint density at radius 3 is 2.69 bits per heavy atom. The lowest BCUT2D eigenvalue weighted by Gasteiger charge is -2.14. The van der Waals surface area contributed by atoms with Gasteiger partial charge < -0.3 is 15.4 Å². The number of para-hydroxylation sites is 3. The van der Waals surface area contributed by atoms with Crippen LogP contribution in [0.4, 0.5) is 11.4 Å². The Kier molecular flexibility index (Phi) is 6.87. The van der Waals surface area contributed by atoms with E-state index in [1.54, 1.807) is 18.3 Å². The molecule has 2 heterocycles. The molecule has 0 unspecified atom stereocenters. The zero-order valence-corrected chi connectivity index (χ0v) is 19.3. The Morgan fingerprint density at radius 2 is 1.91 bits per heavy atom. The number of esters is 1. The van der Waals surface area contributed by atoms with Gasteiger partial charge in [0.05, 0.1) is 34.0 Å². The molecule has 0 bridgehead atoms. The van der Waals surface area contributed by atoms with E-state index in [0.717, 1.165) is 20.2 Å². The molecule has 9 heteroatoms. The van der Waals surface area contributed by atoms with Crippen LogP contribution in [0, 0.1) is 0 Å². The van der Waals surface area contributed by atoms with Gasteiger partial charge in [0.1, 0.15) is 11.4 Å². The van der Waals surface area contributed by atoms with E-state index in [2.05, 4.69) is 20.6 Å². The van der Waals surface area contributed by atoms with Crippen LogP contribution < -0.4 is 10.6 Å². The van der Waals surface area contributed by atoms with Crippen molar-refractivity contribution in [2.45, 2.75) is 24.6 Å². The lowest BCUT2D eigenvalue weighted by Crippen LogP contribution is -2.36. The molecule has 0 saturated carbocycles. The molecular weight excluding hydrogens is 444 g/mol. The number of rotatable bonds is 6. The number of hydrogen-bond acceptors (Lipinski definition) is 8. The number of thioether (sulfide) groups is 1. The Labute approximate surface area is 194 Å². The van der Waals surface area contributed by atoms with Crippen molar-refractivity contribution in [3.8, 4) is 0 Å². The molecule has 0 atom stereocenters. The highest BCUT2D eigenvalue weighted by atomic mass is 32.2. The molecule has 4 rings (SSSR count). The van der Waals surface area contributed by atoms with Crippen LogP contribution >= 0.6 is 23.1 Å². The van der Waals surface area contributed by atoms with Gasteiger partial charge in [-0.25, -0.2) is 14.8 Å². The molecule has 7 nitrogen and oxygen atoms in total. The first kappa shape index (κ1) is 22.0. The number of carbonyl (C=O) groups is 2. The molecule has 1 aliphatic heterocycles. The van der Waals surface area contributed by atoms with Crippen molar-refractivity contribution in [3.05, 3.63) is 59.8 Å². The number of benzene rings is 2. The van der Waals surface area contributed by atoms with Crippen LogP contribution in [-0.2, 0) is 14.3 Å². The lowest BCUT2D eigenvalue weighted by molar-refractivity contribution is -0.137. The summed E-state index contributed by atoms with van der Waals surface area (Å²) in [6.07, 6.45) is 0.540. The van der Waals surface area contributed by atoms with Gasteiger partial charge in [0, 0.05) is 5.70 Å². The zero-order chi connectivity index (χ0) is 22.5. The first-order chi connectivity index (χ1) is 15.6. The Bertz CT molecular complexity index is 1200. The predicted octanol–water partition coefficient (Wildman–Crippen LogP) is 4.89. The second-order valence-electron chi connectivity index (χ2n) is 6.81. The third kappa shape index (κ3) is 4.84. The number of ether oxygens (including phenoxy) is 1. The van der Waals surface area contributed by atoms with Crippen LogP contribution in [0.5, 0.6) is 0 Å². The first-order valence-corrected chi connectivity index (χ1v) is 12.0. The highest BCUT2D eigenvalue weighted by Gasteiger charge is 2.27. The number of aliphatic imine (C=N–C) groups is 1. The number of anilines is 1. The van der Waals surface area contributed by atoms with E-state index >= 15 is 0 Å². The molecule has 0 saturated heterocycles. The number of aromatic nitrogens is 1. The maximum atomic E-state index is 12.8. The maximum absolute atomic E-state index is 12.8. The molecule has 0 radical (unpaired) electrons. The molecule has 0 aliphatic carbocycles. The second kappa shape index (κ2) is 9.97. The quantitative estimate of drug-likeness (QED) is 0.397. The van der Waals surface area contributed by atoms with Gasteiger partial charge in [-0.2, -0.15) is 0 Å². The summed E-state index contributed by atoms with van der Waals surface area (Å²) in [5, 5.41) is 6.10. The molecule has 1 aromatic heterocycles. The van der Waals surface area contributed by atoms with Crippen molar-refractivity contribution in [3.63, 3.8) is 0 Å². The molecule has 2 N–H and O–H groups in total.